The molecule has 4 rings (SSSR count). The molecule has 0 atom stereocenters. The minimum Gasteiger partial charge on any atom is -0.324 e. The Morgan fingerprint density at radius 1 is 0.758 bits per heavy atom. The van der Waals surface area contributed by atoms with E-state index in [1.807, 2.05) is 42.5 Å². The minimum absolute atomic E-state index is 0.257. The first-order valence-electron chi connectivity index (χ1n) is 10.2. The molecule has 0 aromatic heterocycles. The summed E-state index contributed by atoms with van der Waals surface area (Å²) in [4.78, 5) is 12.5. The standard InChI is InChI=1S/C26H21FN2O3S/c27-23-16-8-10-18-25(23)33(31,32)29(21-13-5-2-6-14-21)19-26(30)28-24-17-9-7-15-22(24)20-11-3-1-4-12-20/h1-18H,19H2,(H,28,30). The molecule has 0 heterocycles. The molecule has 0 spiro atoms. The summed E-state index contributed by atoms with van der Waals surface area (Å²) in [5, 5.41) is 2.81. The van der Waals surface area contributed by atoms with E-state index in [2.05, 4.69) is 5.32 Å². The van der Waals surface area contributed by atoms with Crippen molar-refractivity contribution in [1.82, 2.24) is 0 Å². The minimum atomic E-state index is -4.34. The van der Waals surface area contributed by atoms with E-state index in [0.717, 1.165) is 21.5 Å². The summed E-state index contributed by atoms with van der Waals surface area (Å²) in [7, 11) is -4.34. The van der Waals surface area contributed by atoms with Gasteiger partial charge in [-0.2, -0.15) is 0 Å². The molecule has 166 valence electrons. The van der Waals surface area contributed by atoms with Crippen LogP contribution in [0, 0.1) is 5.82 Å². The third-order valence-electron chi connectivity index (χ3n) is 5.02. The first kappa shape index (κ1) is 22.2. The van der Waals surface area contributed by atoms with Crippen molar-refractivity contribution in [3.8, 4) is 11.1 Å². The zero-order valence-electron chi connectivity index (χ0n) is 17.6. The highest BCUT2D eigenvalue weighted by molar-refractivity contribution is 7.92. The van der Waals surface area contributed by atoms with Gasteiger partial charge in [0.2, 0.25) is 5.91 Å². The molecule has 0 fully saturated rings. The van der Waals surface area contributed by atoms with Gasteiger partial charge in [-0.05, 0) is 35.9 Å². The van der Waals surface area contributed by atoms with Gasteiger partial charge in [-0.3, -0.25) is 9.10 Å². The number of nitrogens with one attached hydrogen (secondary N) is 1. The molecule has 1 amide bonds. The molecule has 5 nitrogen and oxygen atoms in total. The number of carbonyl (C=O) groups is 1. The number of para-hydroxylation sites is 2. The fourth-order valence-corrected chi connectivity index (χ4v) is 4.95. The number of nitrogens with zero attached hydrogens (tertiary/aromatic N) is 1. The number of sulfonamides is 1. The molecule has 0 aliphatic rings. The predicted octanol–water partition coefficient (Wildman–Crippen LogP) is 5.33. The van der Waals surface area contributed by atoms with E-state index in [1.54, 1.807) is 42.5 Å². The monoisotopic (exact) mass is 460 g/mol. The molecule has 0 unspecified atom stereocenters. The summed E-state index contributed by atoms with van der Waals surface area (Å²) < 4.78 is 42.0. The van der Waals surface area contributed by atoms with E-state index in [-0.39, 0.29) is 5.69 Å². The highest BCUT2D eigenvalue weighted by Crippen LogP contribution is 2.29. The molecule has 0 saturated heterocycles. The van der Waals surface area contributed by atoms with Gasteiger partial charge < -0.3 is 5.32 Å². The van der Waals surface area contributed by atoms with Gasteiger partial charge in [0.25, 0.3) is 10.0 Å². The maximum atomic E-state index is 14.4. The number of halogens is 1. The third kappa shape index (κ3) is 4.94. The Morgan fingerprint density at radius 2 is 1.33 bits per heavy atom. The fourth-order valence-electron chi connectivity index (χ4n) is 3.46. The third-order valence-corrected chi connectivity index (χ3v) is 6.83. The molecule has 0 aliphatic carbocycles. The van der Waals surface area contributed by atoms with Gasteiger partial charge in [-0.15, -0.1) is 0 Å². The van der Waals surface area contributed by atoms with E-state index in [9.17, 15) is 17.6 Å². The van der Waals surface area contributed by atoms with Gasteiger partial charge in [0, 0.05) is 11.3 Å². The SMILES string of the molecule is O=C(CN(c1ccccc1)S(=O)(=O)c1ccccc1F)Nc1ccccc1-c1ccccc1. The van der Waals surface area contributed by atoms with Crippen LogP contribution < -0.4 is 9.62 Å². The molecule has 33 heavy (non-hydrogen) atoms. The van der Waals surface area contributed by atoms with Gasteiger partial charge in [0.15, 0.2) is 0 Å². The lowest BCUT2D eigenvalue weighted by Gasteiger charge is -2.24. The second-order valence-corrected chi connectivity index (χ2v) is 9.07. The second-order valence-electron chi connectivity index (χ2n) is 7.24. The van der Waals surface area contributed by atoms with Crippen molar-refractivity contribution in [2.24, 2.45) is 0 Å². The van der Waals surface area contributed by atoms with Crippen molar-refractivity contribution in [1.29, 1.82) is 0 Å². The number of benzene rings is 4. The average molecular weight is 461 g/mol. The molecule has 0 saturated carbocycles. The van der Waals surface area contributed by atoms with Crippen LogP contribution >= 0.6 is 0 Å². The van der Waals surface area contributed by atoms with Gasteiger partial charge in [-0.1, -0.05) is 78.9 Å². The predicted molar refractivity (Wildman–Crippen MR) is 128 cm³/mol. The molecule has 0 aliphatic heterocycles. The second kappa shape index (κ2) is 9.67. The van der Waals surface area contributed by atoms with Crippen molar-refractivity contribution in [3.63, 3.8) is 0 Å². The van der Waals surface area contributed by atoms with Crippen LogP contribution in [0.1, 0.15) is 0 Å². The van der Waals surface area contributed by atoms with Crippen molar-refractivity contribution in [3.05, 3.63) is 115 Å². The van der Waals surface area contributed by atoms with E-state index < -0.39 is 33.2 Å². The van der Waals surface area contributed by atoms with Crippen molar-refractivity contribution >= 4 is 27.3 Å². The van der Waals surface area contributed by atoms with Gasteiger partial charge in [0.05, 0.1) is 5.69 Å². The summed E-state index contributed by atoms with van der Waals surface area (Å²) in [6.45, 7) is -0.524. The number of rotatable bonds is 7. The lowest BCUT2D eigenvalue weighted by Crippen LogP contribution is -2.38. The summed E-state index contributed by atoms with van der Waals surface area (Å²) in [6.07, 6.45) is 0. The van der Waals surface area contributed by atoms with Crippen LogP contribution in [0.4, 0.5) is 15.8 Å². The molecule has 4 aromatic carbocycles. The Hall–Kier alpha value is -3.97. The Balaban J connectivity index is 1.66. The number of anilines is 2. The lowest BCUT2D eigenvalue weighted by molar-refractivity contribution is -0.114. The summed E-state index contributed by atoms with van der Waals surface area (Å²) >= 11 is 0. The van der Waals surface area contributed by atoms with Crippen LogP contribution in [0.2, 0.25) is 0 Å². The maximum absolute atomic E-state index is 14.4. The average Bonchev–Trinajstić information content (AvgIpc) is 2.84. The zero-order valence-corrected chi connectivity index (χ0v) is 18.4. The van der Waals surface area contributed by atoms with Crippen molar-refractivity contribution in [2.45, 2.75) is 4.90 Å². The van der Waals surface area contributed by atoms with E-state index in [4.69, 9.17) is 0 Å². The first-order chi connectivity index (χ1) is 16.0. The molecule has 0 radical (unpaired) electrons. The van der Waals surface area contributed by atoms with Crippen LogP contribution in [0.15, 0.2) is 114 Å². The smallest absolute Gasteiger partial charge is 0.267 e. The topological polar surface area (TPSA) is 66.5 Å². The number of amides is 1. The molecular weight excluding hydrogens is 439 g/mol. The fraction of sp³-hybridized carbons (Fsp3) is 0.0385. The lowest BCUT2D eigenvalue weighted by atomic mass is 10.0. The largest absolute Gasteiger partial charge is 0.324 e. The Morgan fingerprint density at radius 3 is 2.03 bits per heavy atom. The number of hydrogen-bond acceptors (Lipinski definition) is 3. The molecular formula is C26H21FN2O3S. The Kier molecular flexibility index (Phi) is 6.51. The van der Waals surface area contributed by atoms with Crippen LogP contribution in [-0.2, 0) is 14.8 Å². The highest BCUT2D eigenvalue weighted by atomic mass is 32.2. The van der Waals surface area contributed by atoms with Crippen molar-refractivity contribution < 1.29 is 17.6 Å². The van der Waals surface area contributed by atoms with E-state index in [1.165, 1.54) is 18.2 Å². The van der Waals surface area contributed by atoms with E-state index >= 15 is 0 Å². The van der Waals surface area contributed by atoms with Gasteiger partial charge in [-0.25, -0.2) is 12.8 Å². The van der Waals surface area contributed by atoms with Crippen LogP contribution in [0.5, 0.6) is 0 Å². The molecule has 1 N–H and O–H groups in total. The zero-order chi connectivity index (χ0) is 23.3. The normalized spacial score (nSPS) is 11.1. The summed E-state index contributed by atoms with van der Waals surface area (Å²) in [6, 6.07) is 30.1. The first-order valence-corrected chi connectivity index (χ1v) is 11.7. The molecule has 0 bridgehead atoms. The van der Waals surface area contributed by atoms with Crippen LogP contribution in [0.25, 0.3) is 11.1 Å². The van der Waals surface area contributed by atoms with Crippen molar-refractivity contribution in [2.75, 3.05) is 16.2 Å². The number of carbonyl (C=O) groups excluding carboxylic acids is 1. The maximum Gasteiger partial charge on any atom is 0.267 e. The Bertz CT molecular complexity index is 1360. The van der Waals surface area contributed by atoms with Gasteiger partial charge >= 0.3 is 0 Å². The number of hydrogen-bond donors (Lipinski definition) is 1. The summed E-state index contributed by atoms with van der Waals surface area (Å²) in [5.74, 6) is -1.43. The van der Waals surface area contributed by atoms with E-state index in [0.29, 0.717) is 5.69 Å². The quantitative estimate of drug-likeness (QED) is 0.406. The van der Waals surface area contributed by atoms with Gasteiger partial charge in [0.1, 0.15) is 17.3 Å². The molecule has 4 aromatic rings. The molecule has 7 heteroatoms. The van der Waals surface area contributed by atoms with Crippen LogP contribution in [-0.4, -0.2) is 20.9 Å². The summed E-state index contributed by atoms with van der Waals surface area (Å²) in [5.41, 5.74) is 2.51. The Labute approximate surface area is 192 Å². The highest BCUT2D eigenvalue weighted by Gasteiger charge is 2.29. The van der Waals surface area contributed by atoms with Crippen LogP contribution in [0.3, 0.4) is 0 Å².